The molecule has 2 N–H and O–H groups in total. The summed E-state index contributed by atoms with van der Waals surface area (Å²) in [5, 5.41) is 10.5. The number of hydrogen-bond donors (Lipinski definition) is 2. The second-order valence-electron chi connectivity index (χ2n) is 7.33. The Labute approximate surface area is 179 Å². The topological polar surface area (TPSA) is 125 Å². The van der Waals surface area contributed by atoms with Gasteiger partial charge in [-0.1, -0.05) is 24.0 Å². The van der Waals surface area contributed by atoms with E-state index in [-0.39, 0.29) is 12.2 Å². The summed E-state index contributed by atoms with van der Waals surface area (Å²) < 4.78 is 25.6. The number of likely N-dealkylation sites (N-methyl/N-ethyl adjacent to an activating group) is 1. The quantitative estimate of drug-likeness (QED) is 0.586. The van der Waals surface area contributed by atoms with Gasteiger partial charge in [0.1, 0.15) is 11.8 Å². The predicted molar refractivity (Wildman–Crippen MR) is 115 cm³/mol. The highest BCUT2D eigenvalue weighted by atomic mass is 32.2. The summed E-state index contributed by atoms with van der Waals surface area (Å²) in [6, 6.07) is 10.6. The molecule has 2 aromatic heterocycles. The third kappa shape index (κ3) is 4.33. The number of rotatable bonds is 3. The molecule has 0 spiro atoms. The lowest BCUT2D eigenvalue weighted by Crippen LogP contribution is -2.37. The Morgan fingerprint density at radius 1 is 1.23 bits per heavy atom. The zero-order valence-electron chi connectivity index (χ0n) is 16.8. The number of pyridine rings is 1. The molecule has 1 fully saturated rings. The number of nitrogens with zero attached hydrogens (tertiary/aromatic N) is 4. The molecule has 4 rings (SSSR count). The van der Waals surface area contributed by atoms with Crippen LogP contribution >= 0.6 is 0 Å². The number of sulfonamides is 1. The van der Waals surface area contributed by atoms with Crippen LogP contribution in [0.5, 0.6) is 0 Å². The average Bonchev–Trinajstić information content (AvgIpc) is 2.99. The number of hydrogen-bond acceptors (Lipinski definition) is 7. The van der Waals surface area contributed by atoms with Gasteiger partial charge in [0.25, 0.3) is 5.91 Å². The third-order valence-electron chi connectivity index (χ3n) is 4.85. The molecule has 31 heavy (non-hydrogen) atoms. The summed E-state index contributed by atoms with van der Waals surface area (Å²) in [6.45, 7) is 0.455. The van der Waals surface area contributed by atoms with Gasteiger partial charge in [-0.05, 0) is 24.3 Å². The Bertz CT molecular complexity index is 1360. The number of nitrogens with one attached hydrogen (secondary N) is 1. The van der Waals surface area contributed by atoms with E-state index in [0.717, 1.165) is 11.8 Å². The summed E-state index contributed by atoms with van der Waals surface area (Å²) >= 11 is 0. The third-order valence-corrected chi connectivity index (χ3v) is 5.41. The van der Waals surface area contributed by atoms with E-state index in [9.17, 15) is 18.3 Å². The van der Waals surface area contributed by atoms with Gasteiger partial charge in [0.05, 0.1) is 17.5 Å². The van der Waals surface area contributed by atoms with E-state index in [1.807, 2.05) is 6.07 Å². The number of aliphatic hydroxyl groups is 1. The first-order chi connectivity index (χ1) is 14.6. The lowest BCUT2D eigenvalue weighted by atomic mass is 10.0. The molecule has 0 aliphatic carbocycles. The maximum absolute atomic E-state index is 12.1. The Morgan fingerprint density at radius 2 is 2.03 bits per heavy atom. The SMILES string of the molecule is CN1CC[C@@](O)(C#Cc2cccc(-c3ccc4ncnc(NS(C)(=O)=O)c4n3)c2)C1=O. The van der Waals surface area contributed by atoms with Crippen molar-refractivity contribution < 1.29 is 18.3 Å². The first-order valence-electron chi connectivity index (χ1n) is 9.36. The number of carbonyl (C=O) groups excluding carboxylic acids is 1. The molecule has 0 radical (unpaired) electrons. The summed E-state index contributed by atoms with van der Waals surface area (Å²) in [7, 11) is -1.91. The highest BCUT2D eigenvalue weighted by molar-refractivity contribution is 7.92. The zero-order chi connectivity index (χ0) is 22.2. The molecule has 1 saturated heterocycles. The van der Waals surface area contributed by atoms with E-state index in [0.29, 0.717) is 28.8 Å². The van der Waals surface area contributed by atoms with E-state index in [2.05, 4.69) is 31.5 Å². The van der Waals surface area contributed by atoms with Crippen LogP contribution in [0.2, 0.25) is 0 Å². The maximum Gasteiger partial charge on any atom is 0.267 e. The van der Waals surface area contributed by atoms with Crippen LogP contribution in [0.15, 0.2) is 42.7 Å². The summed E-state index contributed by atoms with van der Waals surface area (Å²) in [5.74, 6) is 5.26. The van der Waals surface area contributed by atoms with Gasteiger partial charge in [0, 0.05) is 31.1 Å². The van der Waals surface area contributed by atoms with Gasteiger partial charge in [-0.2, -0.15) is 0 Å². The summed E-state index contributed by atoms with van der Waals surface area (Å²) in [5.41, 5.74) is 1.04. The van der Waals surface area contributed by atoms with E-state index < -0.39 is 21.5 Å². The Morgan fingerprint density at radius 3 is 2.74 bits per heavy atom. The van der Waals surface area contributed by atoms with Gasteiger partial charge in [-0.3, -0.25) is 9.52 Å². The highest BCUT2D eigenvalue weighted by Gasteiger charge is 2.42. The van der Waals surface area contributed by atoms with Crippen molar-refractivity contribution >= 4 is 32.8 Å². The van der Waals surface area contributed by atoms with Crippen LogP contribution in [0.4, 0.5) is 5.82 Å². The molecule has 1 amide bonds. The molecular weight excluding hydrogens is 418 g/mol. The number of aromatic nitrogens is 3. The van der Waals surface area contributed by atoms with E-state index in [1.165, 1.54) is 11.2 Å². The summed E-state index contributed by atoms with van der Waals surface area (Å²) in [6.07, 6.45) is 2.56. The molecule has 1 aromatic carbocycles. The molecule has 158 valence electrons. The minimum absolute atomic E-state index is 0.0939. The first kappa shape index (κ1) is 20.7. The number of carbonyl (C=O) groups is 1. The van der Waals surface area contributed by atoms with Crippen LogP contribution in [-0.2, 0) is 14.8 Å². The van der Waals surface area contributed by atoms with Crippen molar-refractivity contribution in [1.82, 2.24) is 19.9 Å². The molecule has 3 aromatic rings. The van der Waals surface area contributed by atoms with E-state index in [1.54, 1.807) is 37.4 Å². The first-order valence-corrected chi connectivity index (χ1v) is 11.2. The molecule has 1 aliphatic rings. The number of fused-ring (bicyclic) bond motifs is 1. The van der Waals surface area contributed by atoms with E-state index in [4.69, 9.17) is 0 Å². The number of benzene rings is 1. The standard InChI is InChI=1S/C21H19N5O4S/c1-26-11-10-21(28,20(26)27)9-8-14-4-3-5-15(12-14)16-6-7-17-18(24-16)19(23-13-22-17)25-31(2,29)30/h3-7,12-13,28H,10-11H2,1-2H3,(H,22,23,25)/t21-/m0/s1. The van der Waals surface area contributed by atoms with Crippen LogP contribution in [-0.4, -0.2) is 64.7 Å². The molecule has 9 nitrogen and oxygen atoms in total. The Balaban J connectivity index is 1.71. The Hall–Kier alpha value is -3.55. The molecule has 0 unspecified atom stereocenters. The van der Waals surface area contributed by atoms with Gasteiger partial charge >= 0.3 is 0 Å². The van der Waals surface area contributed by atoms with Crippen molar-refractivity contribution in [1.29, 1.82) is 0 Å². The fraction of sp³-hybridized carbons (Fsp3) is 0.238. The van der Waals surface area contributed by atoms with Crippen LogP contribution in [0.25, 0.3) is 22.3 Å². The van der Waals surface area contributed by atoms with E-state index >= 15 is 0 Å². The lowest BCUT2D eigenvalue weighted by molar-refractivity contribution is -0.137. The molecule has 1 aliphatic heterocycles. The summed E-state index contributed by atoms with van der Waals surface area (Å²) in [4.78, 5) is 26.2. The normalized spacial score (nSPS) is 18.7. The van der Waals surface area contributed by atoms with Crippen molar-refractivity contribution in [2.45, 2.75) is 12.0 Å². The van der Waals surface area contributed by atoms with Crippen LogP contribution in [0, 0.1) is 11.8 Å². The Kier molecular flexibility index (Phi) is 5.08. The molecule has 3 heterocycles. The van der Waals surface area contributed by atoms with Crippen molar-refractivity contribution in [3.8, 4) is 23.1 Å². The van der Waals surface area contributed by atoms with Crippen LogP contribution in [0.3, 0.4) is 0 Å². The highest BCUT2D eigenvalue weighted by Crippen LogP contribution is 2.25. The van der Waals surface area contributed by atoms with Gasteiger partial charge in [0.15, 0.2) is 5.82 Å². The monoisotopic (exact) mass is 437 g/mol. The van der Waals surface area contributed by atoms with Crippen molar-refractivity contribution in [3.05, 3.63) is 48.3 Å². The minimum atomic E-state index is -3.54. The van der Waals surface area contributed by atoms with Gasteiger partial charge < -0.3 is 10.0 Å². The number of amides is 1. The molecule has 1 atom stereocenters. The van der Waals surface area contributed by atoms with Gasteiger partial charge in [-0.15, -0.1) is 0 Å². The van der Waals surface area contributed by atoms with Crippen LogP contribution < -0.4 is 4.72 Å². The second kappa shape index (κ2) is 7.61. The fourth-order valence-corrected chi connectivity index (χ4v) is 3.75. The molecule has 0 saturated carbocycles. The molecule has 10 heteroatoms. The fourth-order valence-electron chi connectivity index (χ4n) is 3.25. The van der Waals surface area contributed by atoms with Crippen LogP contribution in [0.1, 0.15) is 12.0 Å². The number of likely N-dealkylation sites (tertiary alicyclic amines) is 1. The predicted octanol–water partition coefficient (Wildman–Crippen LogP) is 1.01. The second-order valence-corrected chi connectivity index (χ2v) is 9.08. The lowest BCUT2D eigenvalue weighted by Gasteiger charge is -2.13. The maximum atomic E-state index is 12.1. The van der Waals surface area contributed by atoms with Crippen molar-refractivity contribution in [2.24, 2.45) is 0 Å². The van der Waals surface area contributed by atoms with Gasteiger partial charge in [-0.25, -0.2) is 23.4 Å². The largest absolute Gasteiger partial charge is 0.369 e. The minimum Gasteiger partial charge on any atom is -0.369 e. The average molecular weight is 437 g/mol. The molecule has 0 bridgehead atoms. The molecular formula is C21H19N5O4S. The number of anilines is 1. The smallest absolute Gasteiger partial charge is 0.267 e. The van der Waals surface area contributed by atoms with Gasteiger partial charge in [0.2, 0.25) is 15.6 Å². The van der Waals surface area contributed by atoms with Crippen molar-refractivity contribution in [3.63, 3.8) is 0 Å². The van der Waals surface area contributed by atoms with Crippen molar-refractivity contribution in [2.75, 3.05) is 24.6 Å². The zero-order valence-corrected chi connectivity index (χ0v) is 17.6.